The van der Waals surface area contributed by atoms with Crippen molar-refractivity contribution in [2.24, 2.45) is 11.8 Å². The predicted octanol–water partition coefficient (Wildman–Crippen LogP) is 1.35. The molecule has 0 aromatic rings. The second-order valence-electron chi connectivity index (χ2n) is 4.32. The fourth-order valence-corrected chi connectivity index (χ4v) is 2.26. The smallest absolute Gasteiger partial charge is 0.113 e. The second-order valence-corrected chi connectivity index (χ2v) is 4.32. The van der Waals surface area contributed by atoms with Gasteiger partial charge in [-0.1, -0.05) is 13.0 Å². The molecular formula is C11H19N3. The van der Waals surface area contributed by atoms with Gasteiger partial charge < -0.3 is 0 Å². The van der Waals surface area contributed by atoms with E-state index in [0.29, 0.717) is 0 Å². The Morgan fingerprint density at radius 1 is 1.57 bits per heavy atom. The SMILES string of the molecule is CNC1C=CC2=C(CC(C)CC2)N1N. The maximum atomic E-state index is 6.07. The molecule has 0 saturated heterocycles. The van der Waals surface area contributed by atoms with E-state index in [1.165, 1.54) is 24.1 Å². The van der Waals surface area contributed by atoms with Gasteiger partial charge in [0, 0.05) is 5.70 Å². The van der Waals surface area contributed by atoms with Crippen molar-refractivity contribution in [1.29, 1.82) is 0 Å². The molecule has 3 nitrogen and oxygen atoms in total. The number of hydrogen-bond acceptors (Lipinski definition) is 3. The Kier molecular flexibility index (Phi) is 2.61. The first kappa shape index (κ1) is 9.74. The molecule has 0 spiro atoms. The molecule has 0 fully saturated rings. The van der Waals surface area contributed by atoms with Crippen molar-refractivity contribution < 1.29 is 0 Å². The lowest BCUT2D eigenvalue weighted by Gasteiger charge is -2.37. The summed E-state index contributed by atoms with van der Waals surface area (Å²) >= 11 is 0. The van der Waals surface area contributed by atoms with Gasteiger partial charge in [0.1, 0.15) is 6.17 Å². The quantitative estimate of drug-likeness (QED) is 0.618. The van der Waals surface area contributed by atoms with Crippen LogP contribution in [0.5, 0.6) is 0 Å². The average molecular weight is 193 g/mol. The van der Waals surface area contributed by atoms with Crippen LogP contribution in [-0.4, -0.2) is 18.2 Å². The van der Waals surface area contributed by atoms with E-state index in [2.05, 4.69) is 24.4 Å². The molecule has 1 aliphatic carbocycles. The number of hydrogen-bond donors (Lipinski definition) is 2. The Labute approximate surface area is 85.6 Å². The molecule has 2 atom stereocenters. The summed E-state index contributed by atoms with van der Waals surface area (Å²) in [5.41, 5.74) is 2.75. The van der Waals surface area contributed by atoms with E-state index in [1.54, 1.807) is 0 Å². The number of allylic oxidation sites excluding steroid dienone is 3. The van der Waals surface area contributed by atoms with Gasteiger partial charge in [-0.05, 0) is 43.9 Å². The van der Waals surface area contributed by atoms with E-state index >= 15 is 0 Å². The van der Waals surface area contributed by atoms with E-state index in [4.69, 9.17) is 5.84 Å². The molecule has 0 aromatic carbocycles. The summed E-state index contributed by atoms with van der Waals surface area (Å²) in [5, 5.41) is 5.06. The van der Waals surface area contributed by atoms with Crippen LogP contribution in [-0.2, 0) is 0 Å². The highest BCUT2D eigenvalue weighted by Gasteiger charge is 2.25. The third kappa shape index (κ3) is 1.57. The highest BCUT2D eigenvalue weighted by molar-refractivity contribution is 5.32. The Hall–Kier alpha value is -0.800. The van der Waals surface area contributed by atoms with Crippen LogP contribution in [0, 0.1) is 5.92 Å². The summed E-state index contributed by atoms with van der Waals surface area (Å²) in [7, 11) is 1.94. The molecular weight excluding hydrogens is 174 g/mol. The third-order valence-electron chi connectivity index (χ3n) is 3.21. The molecule has 0 bridgehead atoms. The van der Waals surface area contributed by atoms with Crippen LogP contribution in [0.15, 0.2) is 23.4 Å². The van der Waals surface area contributed by atoms with E-state index in [1.807, 2.05) is 12.1 Å². The van der Waals surface area contributed by atoms with Gasteiger partial charge in [0.25, 0.3) is 0 Å². The minimum Gasteiger partial charge on any atom is -0.296 e. The maximum absolute atomic E-state index is 6.07. The van der Waals surface area contributed by atoms with Crippen LogP contribution >= 0.6 is 0 Å². The lowest BCUT2D eigenvalue weighted by Crippen LogP contribution is -2.49. The van der Waals surface area contributed by atoms with Gasteiger partial charge in [-0.2, -0.15) is 0 Å². The fraction of sp³-hybridized carbons (Fsp3) is 0.636. The monoisotopic (exact) mass is 193 g/mol. The molecule has 1 heterocycles. The number of rotatable bonds is 1. The summed E-state index contributed by atoms with van der Waals surface area (Å²) in [6.45, 7) is 2.30. The van der Waals surface area contributed by atoms with E-state index in [0.717, 1.165) is 12.3 Å². The van der Waals surface area contributed by atoms with Gasteiger partial charge in [-0.3, -0.25) is 10.3 Å². The van der Waals surface area contributed by atoms with Crippen molar-refractivity contribution >= 4 is 0 Å². The molecule has 2 aliphatic rings. The summed E-state index contributed by atoms with van der Waals surface area (Å²) in [4.78, 5) is 0. The van der Waals surface area contributed by atoms with Crippen LogP contribution in [0.1, 0.15) is 26.2 Å². The molecule has 0 amide bonds. The first-order valence-electron chi connectivity index (χ1n) is 5.33. The Balaban J connectivity index is 2.22. The van der Waals surface area contributed by atoms with E-state index in [-0.39, 0.29) is 6.17 Å². The van der Waals surface area contributed by atoms with Gasteiger partial charge >= 0.3 is 0 Å². The topological polar surface area (TPSA) is 41.3 Å². The fourth-order valence-electron chi connectivity index (χ4n) is 2.26. The third-order valence-corrected chi connectivity index (χ3v) is 3.21. The minimum absolute atomic E-state index is 0.166. The molecule has 2 rings (SSSR count). The van der Waals surface area contributed by atoms with Crippen molar-refractivity contribution in [2.75, 3.05) is 7.05 Å². The normalized spacial score (nSPS) is 32.1. The first-order valence-corrected chi connectivity index (χ1v) is 5.33. The molecule has 14 heavy (non-hydrogen) atoms. The molecule has 0 radical (unpaired) electrons. The van der Waals surface area contributed by atoms with Crippen LogP contribution < -0.4 is 11.2 Å². The van der Waals surface area contributed by atoms with Crippen molar-refractivity contribution in [2.45, 2.75) is 32.4 Å². The summed E-state index contributed by atoms with van der Waals surface area (Å²) in [5.74, 6) is 6.84. The molecule has 0 saturated carbocycles. The Morgan fingerprint density at radius 2 is 2.36 bits per heavy atom. The number of nitrogens with two attached hydrogens (primary N) is 1. The summed E-state index contributed by atoms with van der Waals surface area (Å²) in [6.07, 6.45) is 8.12. The minimum atomic E-state index is 0.166. The van der Waals surface area contributed by atoms with Gasteiger partial charge in [0.2, 0.25) is 0 Å². The van der Waals surface area contributed by atoms with Gasteiger partial charge in [0.05, 0.1) is 0 Å². The van der Waals surface area contributed by atoms with Crippen LogP contribution in [0.4, 0.5) is 0 Å². The van der Waals surface area contributed by atoms with E-state index < -0.39 is 0 Å². The highest BCUT2D eigenvalue weighted by Crippen LogP contribution is 2.33. The zero-order chi connectivity index (χ0) is 10.1. The number of nitrogens with one attached hydrogen (secondary N) is 1. The number of likely N-dealkylation sites (N-methyl/N-ethyl adjacent to an activating group) is 1. The van der Waals surface area contributed by atoms with Gasteiger partial charge in [0.15, 0.2) is 0 Å². The Bertz CT molecular complexity index is 280. The average Bonchev–Trinajstić information content (AvgIpc) is 2.20. The van der Waals surface area contributed by atoms with Crippen molar-refractivity contribution in [3.8, 4) is 0 Å². The van der Waals surface area contributed by atoms with Crippen LogP contribution in [0.25, 0.3) is 0 Å². The Morgan fingerprint density at radius 3 is 3.07 bits per heavy atom. The molecule has 1 aliphatic heterocycles. The second kappa shape index (κ2) is 3.75. The lowest BCUT2D eigenvalue weighted by molar-refractivity contribution is 0.237. The first-order chi connectivity index (χ1) is 6.72. The van der Waals surface area contributed by atoms with Crippen LogP contribution in [0.2, 0.25) is 0 Å². The molecule has 3 N–H and O–H groups in total. The van der Waals surface area contributed by atoms with Gasteiger partial charge in [-0.15, -0.1) is 0 Å². The van der Waals surface area contributed by atoms with Crippen molar-refractivity contribution in [1.82, 2.24) is 10.3 Å². The van der Waals surface area contributed by atoms with E-state index in [9.17, 15) is 0 Å². The predicted molar refractivity (Wildman–Crippen MR) is 58.1 cm³/mol. The number of hydrazine groups is 1. The highest BCUT2D eigenvalue weighted by atomic mass is 15.5. The zero-order valence-electron chi connectivity index (χ0n) is 8.96. The van der Waals surface area contributed by atoms with Crippen molar-refractivity contribution in [3.05, 3.63) is 23.4 Å². The standard InChI is InChI=1S/C11H19N3/c1-8-3-4-9-5-6-11(13-2)14(12)10(9)7-8/h5-6,8,11,13H,3-4,7,12H2,1-2H3. The molecule has 0 aromatic heterocycles. The molecule has 78 valence electrons. The maximum Gasteiger partial charge on any atom is 0.113 e. The molecule has 3 heteroatoms. The van der Waals surface area contributed by atoms with Crippen molar-refractivity contribution in [3.63, 3.8) is 0 Å². The zero-order valence-corrected chi connectivity index (χ0v) is 8.96. The number of nitrogens with zero attached hydrogens (tertiary/aromatic N) is 1. The van der Waals surface area contributed by atoms with Gasteiger partial charge in [-0.25, -0.2) is 5.84 Å². The summed E-state index contributed by atoms with van der Waals surface area (Å²) in [6, 6.07) is 0. The summed E-state index contributed by atoms with van der Waals surface area (Å²) < 4.78 is 0. The largest absolute Gasteiger partial charge is 0.296 e. The molecule has 2 unspecified atom stereocenters. The van der Waals surface area contributed by atoms with Crippen LogP contribution in [0.3, 0.4) is 0 Å². The lowest BCUT2D eigenvalue weighted by atomic mass is 9.86.